The molecule has 1 aliphatic carbocycles. The summed E-state index contributed by atoms with van der Waals surface area (Å²) >= 11 is 2.07. The third kappa shape index (κ3) is 3.79. The molecule has 1 saturated carbocycles. The molecule has 1 N–H and O–H groups in total. The molecule has 1 nitrogen and oxygen atoms in total. The minimum atomic E-state index is 0.619. The van der Waals surface area contributed by atoms with E-state index < -0.39 is 0 Å². The molecule has 20 heavy (non-hydrogen) atoms. The minimum Gasteiger partial charge on any atom is -0.316 e. The normalized spacial score (nSPS) is 30.7. The average Bonchev–Trinajstić information content (AvgIpc) is 2.42. The Labute approximate surface area is 128 Å². The third-order valence-electron chi connectivity index (χ3n) is 4.58. The second kappa shape index (κ2) is 7.00. The van der Waals surface area contributed by atoms with E-state index in [9.17, 15) is 0 Å². The van der Waals surface area contributed by atoms with Crippen LogP contribution in [0, 0.1) is 11.8 Å². The Bertz CT molecular complexity index is 412. The van der Waals surface area contributed by atoms with Crippen LogP contribution in [0.4, 0.5) is 0 Å². The molecule has 0 radical (unpaired) electrons. The van der Waals surface area contributed by atoms with Crippen LogP contribution in [0.25, 0.3) is 0 Å². The summed E-state index contributed by atoms with van der Waals surface area (Å²) in [6.07, 6.45) is 2.67. The molecule has 4 atom stereocenters. The van der Waals surface area contributed by atoms with Gasteiger partial charge in [-0.05, 0) is 55.3 Å². The first-order valence-corrected chi connectivity index (χ1v) is 8.83. The van der Waals surface area contributed by atoms with Gasteiger partial charge in [-0.25, -0.2) is 0 Å². The molecule has 0 bridgehead atoms. The van der Waals surface area contributed by atoms with Crippen LogP contribution in [0.2, 0.25) is 0 Å². The van der Waals surface area contributed by atoms with Crippen molar-refractivity contribution < 1.29 is 0 Å². The van der Waals surface area contributed by atoms with Gasteiger partial charge in [0.2, 0.25) is 0 Å². The van der Waals surface area contributed by atoms with Gasteiger partial charge in [-0.15, -0.1) is 11.8 Å². The summed E-state index contributed by atoms with van der Waals surface area (Å²) in [7, 11) is 2.12. The summed E-state index contributed by atoms with van der Waals surface area (Å²) in [6, 6.07) is 9.83. The molecule has 2 rings (SSSR count). The monoisotopic (exact) mass is 291 g/mol. The maximum atomic E-state index is 3.54. The van der Waals surface area contributed by atoms with Crippen molar-refractivity contribution in [1.29, 1.82) is 0 Å². The molecule has 0 amide bonds. The van der Waals surface area contributed by atoms with Crippen LogP contribution >= 0.6 is 11.8 Å². The minimum absolute atomic E-state index is 0.619. The summed E-state index contributed by atoms with van der Waals surface area (Å²) in [4.78, 5) is 1.42. The lowest BCUT2D eigenvalue weighted by molar-refractivity contribution is 0.257. The first-order chi connectivity index (χ1) is 9.51. The van der Waals surface area contributed by atoms with E-state index in [1.165, 1.54) is 23.3 Å². The fourth-order valence-electron chi connectivity index (χ4n) is 3.40. The van der Waals surface area contributed by atoms with Gasteiger partial charge in [0.1, 0.15) is 0 Å². The molecule has 0 aliphatic heterocycles. The van der Waals surface area contributed by atoms with Gasteiger partial charge >= 0.3 is 0 Å². The molecule has 112 valence electrons. The van der Waals surface area contributed by atoms with E-state index >= 15 is 0 Å². The second-order valence-corrected chi connectivity index (χ2v) is 8.01. The van der Waals surface area contributed by atoms with Gasteiger partial charge < -0.3 is 5.32 Å². The van der Waals surface area contributed by atoms with E-state index in [0.29, 0.717) is 17.2 Å². The van der Waals surface area contributed by atoms with Crippen molar-refractivity contribution in [2.75, 3.05) is 7.05 Å². The first kappa shape index (κ1) is 15.9. The van der Waals surface area contributed by atoms with E-state index in [2.05, 4.69) is 76.1 Å². The number of hydrogen-bond donors (Lipinski definition) is 1. The molecule has 0 saturated heterocycles. The van der Waals surface area contributed by atoms with Crippen molar-refractivity contribution in [1.82, 2.24) is 5.32 Å². The zero-order valence-corrected chi connectivity index (χ0v) is 14.3. The molecule has 0 aromatic heterocycles. The Hall–Kier alpha value is -0.470. The van der Waals surface area contributed by atoms with Crippen LogP contribution in [-0.2, 0) is 0 Å². The first-order valence-electron chi connectivity index (χ1n) is 7.95. The predicted octanol–water partition coefficient (Wildman–Crippen LogP) is 4.92. The Morgan fingerprint density at radius 2 is 1.75 bits per heavy atom. The number of hydrogen-bond acceptors (Lipinski definition) is 2. The standard InChI is InChI=1S/C18H29NS/c1-12(2)15-6-8-16(9-7-15)20-18-14(4)10-13(3)11-17(18)19-5/h6-9,12-14,17-19H,10-11H2,1-5H3. The van der Waals surface area contributed by atoms with Crippen LogP contribution < -0.4 is 5.32 Å². The summed E-state index contributed by atoms with van der Waals surface area (Å²) in [5.41, 5.74) is 1.44. The van der Waals surface area contributed by atoms with Crippen LogP contribution in [0.15, 0.2) is 29.2 Å². The van der Waals surface area contributed by atoms with Gasteiger partial charge in [0, 0.05) is 16.2 Å². The van der Waals surface area contributed by atoms with Crippen LogP contribution in [0.3, 0.4) is 0 Å². The lowest BCUT2D eigenvalue weighted by Crippen LogP contribution is -2.44. The lowest BCUT2D eigenvalue weighted by Gasteiger charge is -2.39. The maximum absolute atomic E-state index is 3.54. The summed E-state index contributed by atoms with van der Waals surface area (Å²) in [5, 5.41) is 4.24. The average molecular weight is 292 g/mol. The van der Waals surface area contributed by atoms with Gasteiger partial charge in [0.25, 0.3) is 0 Å². The maximum Gasteiger partial charge on any atom is 0.0274 e. The van der Waals surface area contributed by atoms with Crippen LogP contribution in [0.5, 0.6) is 0 Å². The molecule has 1 fully saturated rings. The topological polar surface area (TPSA) is 12.0 Å². The van der Waals surface area contributed by atoms with Crippen molar-refractivity contribution in [2.24, 2.45) is 11.8 Å². The Morgan fingerprint density at radius 1 is 1.10 bits per heavy atom. The largest absolute Gasteiger partial charge is 0.316 e. The highest BCUT2D eigenvalue weighted by Gasteiger charge is 2.33. The Balaban J connectivity index is 2.07. The molecular formula is C18H29NS. The smallest absolute Gasteiger partial charge is 0.0274 e. The zero-order chi connectivity index (χ0) is 14.7. The third-order valence-corrected chi connectivity index (χ3v) is 6.19. The Kier molecular flexibility index (Phi) is 5.57. The van der Waals surface area contributed by atoms with E-state index in [-0.39, 0.29) is 0 Å². The molecule has 0 heterocycles. The number of thioether (sulfide) groups is 1. The van der Waals surface area contributed by atoms with Gasteiger partial charge in [-0.2, -0.15) is 0 Å². The molecule has 4 unspecified atom stereocenters. The highest BCUT2D eigenvalue weighted by Crippen LogP contribution is 2.39. The fourth-order valence-corrected chi connectivity index (χ4v) is 4.76. The molecular weight excluding hydrogens is 262 g/mol. The zero-order valence-electron chi connectivity index (χ0n) is 13.5. The summed E-state index contributed by atoms with van der Waals surface area (Å²) in [5.74, 6) is 2.25. The number of benzene rings is 1. The highest BCUT2D eigenvalue weighted by molar-refractivity contribution is 8.00. The summed E-state index contributed by atoms with van der Waals surface area (Å²) in [6.45, 7) is 9.31. The van der Waals surface area contributed by atoms with E-state index in [1.807, 2.05) is 0 Å². The van der Waals surface area contributed by atoms with E-state index in [0.717, 1.165) is 11.8 Å². The highest BCUT2D eigenvalue weighted by atomic mass is 32.2. The number of nitrogens with one attached hydrogen (secondary N) is 1. The van der Waals surface area contributed by atoms with Crippen molar-refractivity contribution in [3.8, 4) is 0 Å². The molecule has 1 aromatic rings. The quantitative estimate of drug-likeness (QED) is 0.844. The second-order valence-electron chi connectivity index (χ2n) is 6.76. The molecule has 0 spiro atoms. The van der Waals surface area contributed by atoms with Crippen molar-refractivity contribution in [2.45, 2.75) is 62.6 Å². The van der Waals surface area contributed by atoms with Crippen molar-refractivity contribution in [3.05, 3.63) is 29.8 Å². The van der Waals surface area contributed by atoms with Crippen molar-refractivity contribution >= 4 is 11.8 Å². The lowest BCUT2D eigenvalue weighted by atomic mass is 9.80. The van der Waals surface area contributed by atoms with Gasteiger partial charge in [-0.3, -0.25) is 0 Å². The fraction of sp³-hybridized carbons (Fsp3) is 0.667. The van der Waals surface area contributed by atoms with Crippen LogP contribution in [-0.4, -0.2) is 18.3 Å². The SMILES string of the molecule is CNC1CC(C)CC(C)C1Sc1ccc(C(C)C)cc1. The summed E-state index contributed by atoms with van der Waals surface area (Å²) < 4.78 is 0. The van der Waals surface area contributed by atoms with Gasteiger partial charge in [0.15, 0.2) is 0 Å². The van der Waals surface area contributed by atoms with E-state index in [1.54, 1.807) is 0 Å². The van der Waals surface area contributed by atoms with Crippen LogP contribution in [0.1, 0.15) is 52.0 Å². The molecule has 2 heteroatoms. The predicted molar refractivity (Wildman–Crippen MR) is 90.6 cm³/mol. The van der Waals surface area contributed by atoms with Gasteiger partial charge in [-0.1, -0.05) is 39.8 Å². The molecule has 1 aromatic carbocycles. The Morgan fingerprint density at radius 3 is 2.30 bits per heavy atom. The van der Waals surface area contributed by atoms with E-state index in [4.69, 9.17) is 0 Å². The van der Waals surface area contributed by atoms with Crippen molar-refractivity contribution in [3.63, 3.8) is 0 Å². The molecule has 1 aliphatic rings. The van der Waals surface area contributed by atoms with Gasteiger partial charge in [0.05, 0.1) is 0 Å². The number of rotatable bonds is 4.